The number of hydrogen-bond donors (Lipinski definition) is 2. The quantitative estimate of drug-likeness (QED) is 0.268. The van der Waals surface area contributed by atoms with Gasteiger partial charge in [-0.2, -0.15) is 0 Å². The summed E-state index contributed by atoms with van der Waals surface area (Å²) < 4.78 is 32.4. The van der Waals surface area contributed by atoms with Crippen molar-refractivity contribution in [3.63, 3.8) is 0 Å². The Bertz CT molecular complexity index is 1130. The van der Waals surface area contributed by atoms with Gasteiger partial charge in [0.25, 0.3) is 0 Å². The summed E-state index contributed by atoms with van der Waals surface area (Å²) in [6.45, 7) is 2.05. The summed E-state index contributed by atoms with van der Waals surface area (Å²) in [5.41, 5.74) is 3.88. The maximum Gasteiger partial charge on any atom is 0.153 e. The van der Waals surface area contributed by atoms with Gasteiger partial charge in [-0.25, -0.2) is 13.8 Å². The van der Waals surface area contributed by atoms with E-state index < -0.39 is 11.6 Å². The molecular weight excluding hydrogens is 388 g/mol. The number of nitrogens with one attached hydrogen (secondary N) is 2. The fraction of sp³-hybridized carbons (Fsp3) is 0.174. The van der Waals surface area contributed by atoms with Gasteiger partial charge >= 0.3 is 0 Å². The Morgan fingerprint density at radius 2 is 1.90 bits per heavy atom. The molecule has 2 heterocycles. The molecule has 0 saturated carbocycles. The fourth-order valence-corrected chi connectivity index (χ4v) is 3.87. The van der Waals surface area contributed by atoms with Crippen molar-refractivity contribution in [1.82, 2.24) is 9.97 Å². The minimum absolute atomic E-state index is 0.0538. The van der Waals surface area contributed by atoms with Gasteiger partial charge in [0.05, 0.1) is 5.69 Å². The summed E-state index contributed by atoms with van der Waals surface area (Å²) in [5.74, 6) is -0.243. The average Bonchev–Trinajstić information content (AvgIpc) is 3.15. The first-order valence-corrected chi connectivity index (χ1v) is 10.5. The molecule has 0 aliphatic rings. The Morgan fingerprint density at radius 1 is 1.07 bits per heavy atom. The van der Waals surface area contributed by atoms with E-state index in [0.717, 1.165) is 34.3 Å². The lowest BCUT2D eigenvalue weighted by Crippen LogP contribution is -2.01. The van der Waals surface area contributed by atoms with Gasteiger partial charge in [-0.05, 0) is 35.7 Å². The summed E-state index contributed by atoms with van der Waals surface area (Å²) in [7, 11) is 0. The molecule has 0 saturated heterocycles. The molecule has 0 aliphatic carbocycles. The first-order chi connectivity index (χ1) is 14.2. The van der Waals surface area contributed by atoms with Crippen LogP contribution in [0.1, 0.15) is 24.5 Å². The first-order valence-electron chi connectivity index (χ1n) is 9.53. The molecule has 0 unspecified atom stereocenters. The number of hydrogen-bond acceptors (Lipinski definition) is 3. The number of pyridine rings is 1. The van der Waals surface area contributed by atoms with Crippen LogP contribution in [0.5, 0.6) is 0 Å². The highest BCUT2D eigenvalue weighted by Gasteiger charge is 2.17. The second-order valence-corrected chi connectivity index (χ2v) is 7.72. The number of nitrogens with zero attached hydrogens (tertiary/aromatic N) is 1. The van der Waals surface area contributed by atoms with Crippen molar-refractivity contribution in [3.8, 4) is 11.1 Å². The summed E-state index contributed by atoms with van der Waals surface area (Å²) >= 11 is 1.42. The van der Waals surface area contributed by atoms with E-state index in [9.17, 15) is 8.78 Å². The highest BCUT2D eigenvalue weighted by atomic mass is 32.2. The van der Waals surface area contributed by atoms with E-state index >= 15 is 0 Å². The van der Waals surface area contributed by atoms with Crippen LogP contribution < -0.4 is 4.72 Å². The van der Waals surface area contributed by atoms with Gasteiger partial charge < -0.3 is 9.71 Å². The molecule has 4 rings (SSSR count). The van der Waals surface area contributed by atoms with Gasteiger partial charge in [-0.3, -0.25) is 0 Å². The van der Waals surface area contributed by atoms with E-state index in [1.165, 1.54) is 24.1 Å². The third-order valence-corrected chi connectivity index (χ3v) is 5.74. The number of H-pyrrole nitrogens is 1. The largest absolute Gasteiger partial charge is 0.346 e. The number of aromatic nitrogens is 2. The Morgan fingerprint density at radius 3 is 2.69 bits per heavy atom. The van der Waals surface area contributed by atoms with Crippen LogP contribution in [0.2, 0.25) is 0 Å². The van der Waals surface area contributed by atoms with Crippen molar-refractivity contribution in [2.75, 3.05) is 10.5 Å². The van der Waals surface area contributed by atoms with Crippen LogP contribution in [0.15, 0.2) is 60.9 Å². The van der Waals surface area contributed by atoms with Gasteiger partial charge in [0.1, 0.15) is 11.5 Å². The van der Waals surface area contributed by atoms with Gasteiger partial charge in [-0.1, -0.05) is 49.2 Å². The van der Waals surface area contributed by atoms with Gasteiger partial charge in [-0.15, -0.1) is 0 Å². The predicted octanol–water partition coefficient (Wildman–Crippen LogP) is 6.57. The predicted molar refractivity (Wildman–Crippen MR) is 117 cm³/mol. The van der Waals surface area contributed by atoms with E-state index in [-0.39, 0.29) is 12.0 Å². The lowest BCUT2D eigenvalue weighted by atomic mass is 10.0. The van der Waals surface area contributed by atoms with E-state index in [1.54, 1.807) is 12.4 Å². The van der Waals surface area contributed by atoms with Crippen molar-refractivity contribution in [2.24, 2.45) is 0 Å². The second kappa shape index (κ2) is 8.66. The third-order valence-electron chi connectivity index (χ3n) is 4.77. The van der Waals surface area contributed by atoms with Crippen LogP contribution >= 0.6 is 11.9 Å². The van der Waals surface area contributed by atoms with Crippen LogP contribution in [-0.4, -0.2) is 15.7 Å². The SMILES string of the molecule is CCCSNc1ccc(F)c(Cc2c[nH]c3ncc(-c4ccccc4)cc23)c1F. The van der Waals surface area contributed by atoms with Crippen LogP contribution in [0.25, 0.3) is 22.2 Å². The summed E-state index contributed by atoms with van der Waals surface area (Å²) in [4.78, 5) is 7.58. The van der Waals surface area contributed by atoms with Crippen LogP contribution in [0.4, 0.5) is 14.5 Å². The summed E-state index contributed by atoms with van der Waals surface area (Å²) in [5, 5.41) is 0.865. The van der Waals surface area contributed by atoms with E-state index in [2.05, 4.69) is 21.6 Å². The minimum atomic E-state index is -0.546. The number of halogens is 2. The molecular formula is C23H21F2N3S. The molecule has 4 aromatic rings. The smallest absolute Gasteiger partial charge is 0.153 e. The summed E-state index contributed by atoms with van der Waals surface area (Å²) in [6, 6.07) is 14.7. The van der Waals surface area contributed by atoms with Crippen LogP contribution in [0, 0.1) is 11.6 Å². The summed E-state index contributed by atoms with van der Waals surface area (Å²) in [6.07, 6.45) is 4.69. The van der Waals surface area contributed by atoms with E-state index in [4.69, 9.17) is 0 Å². The molecule has 2 N–H and O–H groups in total. The van der Waals surface area contributed by atoms with Crippen molar-refractivity contribution < 1.29 is 8.78 Å². The number of aromatic amines is 1. The average molecular weight is 410 g/mol. The lowest BCUT2D eigenvalue weighted by Gasteiger charge is -2.11. The van der Waals surface area contributed by atoms with Gasteiger partial charge in [0.2, 0.25) is 0 Å². The van der Waals surface area contributed by atoms with Gasteiger partial charge in [0, 0.05) is 41.1 Å². The molecule has 2 aromatic heterocycles. The molecule has 6 heteroatoms. The Balaban J connectivity index is 1.68. The zero-order chi connectivity index (χ0) is 20.2. The molecule has 29 heavy (non-hydrogen) atoms. The fourth-order valence-electron chi connectivity index (χ4n) is 3.25. The zero-order valence-electron chi connectivity index (χ0n) is 16.0. The highest BCUT2D eigenvalue weighted by Crippen LogP contribution is 2.29. The minimum Gasteiger partial charge on any atom is -0.346 e. The maximum absolute atomic E-state index is 15.0. The molecule has 0 spiro atoms. The van der Waals surface area contributed by atoms with Crippen molar-refractivity contribution >= 4 is 28.7 Å². The number of anilines is 1. The Hall–Kier alpha value is -2.86. The molecule has 0 amide bonds. The zero-order valence-corrected chi connectivity index (χ0v) is 16.8. The van der Waals surface area contributed by atoms with Crippen LogP contribution in [-0.2, 0) is 6.42 Å². The first kappa shape index (κ1) is 19.5. The number of fused-ring (bicyclic) bond motifs is 1. The normalized spacial score (nSPS) is 11.1. The Kier molecular flexibility index (Phi) is 5.81. The molecule has 0 fully saturated rings. The van der Waals surface area contributed by atoms with Gasteiger partial charge in [0.15, 0.2) is 5.82 Å². The molecule has 148 valence electrons. The molecule has 0 atom stereocenters. The molecule has 0 bridgehead atoms. The maximum atomic E-state index is 15.0. The van der Waals surface area contributed by atoms with Crippen molar-refractivity contribution in [3.05, 3.63) is 83.7 Å². The topological polar surface area (TPSA) is 40.7 Å². The van der Waals surface area contributed by atoms with E-state index in [0.29, 0.717) is 11.3 Å². The molecule has 2 aromatic carbocycles. The molecule has 0 radical (unpaired) electrons. The molecule has 3 nitrogen and oxygen atoms in total. The van der Waals surface area contributed by atoms with Crippen molar-refractivity contribution in [1.29, 1.82) is 0 Å². The third kappa shape index (κ3) is 4.12. The van der Waals surface area contributed by atoms with Crippen LogP contribution in [0.3, 0.4) is 0 Å². The standard InChI is InChI=1S/C23H21F2N3S/c1-2-10-29-28-21-9-8-20(24)19(22(21)25)12-17-14-27-23-18(17)11-16(13-26-23)15-6-4-3-5-7-15/h3-9,11,13-14,28H,2,10,12H2,1H3,(H,26,27). The number of benzene rings is 2. The second-order valence-electron chi connectivity index (χ2n) is 6.81. The Labute approximate surface area is 172 Å². The monoisotopic (exact) mass is 409 g/mol. The highest BCUT2D eigenvalue weighted by molar-refractivity contribution is 8.00. The number of rotatable bonds is 7. The lowest BCUT2D eigenvalue weighted by molar-refractivity contribution is 0.565. The van der Waals surface area contributed by atoms with Crippen molar-refractivity contribution in [2.45, 2.75) is 19.8 Å². The molecule has 0 aliphatic heterocycles. The van der Waals surface area contributed by atoms with E-state index in [1.807, 2.05) is 36.4 Å².